The maximum absolute atomic E-state index is 11.9. The van der Waals surface area contributed by atoms with Crippen LogP contribution in [0.3, 0.4) is 0 Å². The zero-order chi connectivity index (χ0) is 23.0. The molecule has 0 N–H and O–H groups in total. The molecule has 0 aliphatic heterocycles. The summed E-state index contributed by atoms with van der Waals surface area (Å²) >= 11 is 10.3. The Hall–Kier alpha value is -0.920. The first-order chi connectivity index (χ1) is 14.3. The molecule has 0 saturated heterocycles. The molecule has 9 heteroatoms. The number of nitriles is 1. The molecule has 0 amide bonds. The minimum absolute atomic E-state index is 0.122. The minimum Gasteiger partial charge on any atom is -0.457 e. The first-order valence-corrected chi connectivity index (χ1v) is 13.7. The fraction of sp³-hybridized carbons (Fsp3) is 0.409. The number of halogens is 3. The summed E-state index contributed by atoms with van der Waals surface area (Å²) in [7, 11) is -3.72. The molecule has 0 heterocycles. The van der Waals surface area contributed by atoms with E-state index in [0.29, 0.717) is 11.5 Å². The Labute approximate surface area is 208 Å². The minimum atomic E-state index is -3.72. The summed E-state index contributed by atoms with van der Waals surface area (Å²) in [6.45, 7) is 4.04. The predicted octanol–water partition coefficient (Wildman–Crippen LogP) is 6.54. The van der Waals surface area contributed by atoms with E-state index in [1.54, 1.807) is 0 Å². The van der Waals surface area contributed by atoms with Gasteiger partial charge >= 0.3 is 0 Å². The topological polar surface area (TPSA) is 76.4 Å². The smallest absolute Gasteiger partial charge is 0.264 e. The third kappa shape index (κ3) is 5.91. The number of alkyl halides is 3. The van der Waals surface area contributed by atoms with Gasteiger partial charge in [-0.3, -0.25) is 4.18 Å². The van der Waals surface area contributed by atoms with Gasteiger partial charge in [-0.1, -0.05) is 92.0 Å². The quantitative estimate of drug-likeness (QED) is 0.255. The fourth-order valence-corrected chi connectivity index (χ4v) is 6.34. The van der Waals surface area contributed by atoms with E-state index in [4.69, 9.17) is 8.92 Å². The van der Waals surface area contributed by atoms with Crippen molar-refractivity contribution in [2.24, 2.45) is 17.3 Å². The van der Waals surface area contributed by atoms with Gasteiger partial charge < -0.3 is 4.74 Å². The van der Waals surface area contributed by atoms with E-state index in [2.05, 4.69) is 53.9 Å². The first-order valence-electron chi connectivity index (χ1n) is 9.52. The number of benzene rings is 2. The Morgan fingerprint density at radius 3 is 2.19 bits per heavy atom. The molecule has 0 unspecified atom stereocenters. The van der Waals surface area contributed by atoms with E-state index >= 15 is 0 Å². The second-order valence-corrected chi connectivity index (χ2v) is 16.8. The molecule has 1 aliphatic carbocycles. The molecule has 0 radical (unpaired) electrons. The van der Waals surface area contributed by atoms with Crippen molar-refractivity contribution in [3.05, 3.63) is 60.2 Å². The third-order valence-corrected chi connectivity index (χ3v) is 7.53. The molecule has 2 aromatic rings. The normalized spacial score (nSPS) is 22.2. The monoisotopic (exact) mass is 633 g/mol. The molecule has 1 fully saturated rings. The summed E-state index contributed by atoms with van der Waals surface area (Å²) < 4.78 is 34.2. The molecule has 1 saturated carbocycles. The largest absolute Gasteiger partial charge is 0.457 e. The molecule has 2 aromatic carbocycles. The van der Waals surface area contributed by atoms with Crippen molar-refractivity contribution in [3.8, 4) is 17.6 Å². The van der Waals surface area contributed by atoms with E-state index in [1.165, 1.54) is 0 Å². The standard InChI is InChI=1S/C22H22Br3NO4S/c1-21(2)18(19(21)20(22(23,24)25)30-31(3,27)28)17(13-26)14-8-7-11-16(12-14)29-15-9-5-4-6-10-15/h4-12,17-20H,1-3H3/t17-,18-,19-,20+/m1/s1. The maximum atomic E-state index is 11.9. The summed E-state index contributed by atoms with van der Waals surface area (Å²) in [5.41, 5.74) is 0.492. The Balaban J connectivity index is 1.90. The number of rotatable bonds is 7. The van der Waals surface area contributed by atoms with Crippen LogP contribution in [0.2, 0.25) is 0 Å². The van der Waals surface area contributed by atoms with Crippen LogP contribution >= 0.6 is 47.8 Å². The first kappa shape index (κ1) is 24.7. The van der Waals surface area contributed by atoms with Crippen molar-refractivity contribution in [1.82, 2.24) is 0 Å². The Morgan fingerprint density at radius 2 is 1.65 bits per heavy atom. The predicted molar refractivity (Wildman–Crippen MR) is 131 cm³/mol. The van der Waals surface area contributed by atoms with Crippen LogP contribution in [0.1, 0.15) is 25.3 Å². The Bertz CT molecular complexity index is 1080. The zero-order valence-corrected chi connectivity index (χ0v) is 22.7. The molecule has 4 atom stereocenters. The van der Waals surface area contributed by atoms with Crippen molar-refractivity contribution in [2.45, 2.75) is 28.0 Å². The summed E-state index contributed by atoms with van der Waals surface area (Å²) in [4.78, 5) is 0. The Morgan fingerprint density at radius 1 is 1.03 bits per heavy atom. The number of hydrogen-bond acceptors (Lipinski definition) is 5. The average molecular weight is 636 g/mol. The summed E-state index contributed by atoms with van der Waals surface area (Å²) in [6, 6.07) is 19.3. The highest BCUT2D eigenvalue weighted by Crippen LogP contribution is 2.68. The number of ether oxygens (including phenoxy) is 1. The molecule has 31 heavy (non-hydrogen) atoms. The van der Waals surface area contributed by atoms with Gasteiger partial charge in [0.05, 0.1) is 18.2 Å². The zero-order valence-electron chi connectivity index (χ0n) is 17.1. The summed E-state index contributed by atoms with van der Waals surface area (Å²) in [6.07, 6.45) is 0.261. The van der Waals surface area contributed by atoms with E-state index in [0.717, 1.165) is 11.8 Å². The highest BCUT2D eigenvalue weighted by Gasteiger charge is 2.67. The second kappa shape index (κ2) is 9.14. The van der Waals surface area contributed by atoms with E-state index in [9.17, 15) is 13.7 Å². The average Bonchev–Trinajstić information content (AvgIpc) is 3.21. The number of para-hydroxylation sites is 1. The highest BCUT2D eigenvalue weighted by molar-refractivity contribution is 9.39. The van der Waals surface area contributed by atoms with Crippen LogP contribution in [-0.2, 0) is 14.3 Å². The van der Waals surface area contributed by atoms with E-state index in [-0.39, 0.29) is 17.3 Å². The van der Waals surface area contributed by atoms with Gasteiger partial charge in [-0.05, 0) is 41.2 Å². The molecule has 166 valence electrons. The third-order valence-electron chi connectivity index (χ3n) is 5.62. The Kier molecular flexibility index (Phi) is 7.29. The number of nitrogens with zero attached hydrogens (tertiary/aromatic N) is 1. The molecule has 0 bridgehead atoms. The molecule has 0 spiro atoms. The molecular weight excluding hydrogens is 614 g/mol. The van der Waals surface area contributed by atoms with Crippen LogP contribution in [0.15, 0.2) is 54.6 Å². The van der Waals surface area contributed by atoms with Crippen LogP contribution in [0.4, 0.5) is 0 Å². The fourth-order valence-electron chi connectivity index (χ4n) is 4.20. The molecular formula is C22H22Br3NO4S. The van der Waals surface area contributed by atoms with Crippen molar-refractivity contribution >= 4 is 57.9 Å². The van der Waals surface area contributed by atoms with Crippen LogP contribution in [0.5, 0.6) is 11.5 Å². The van der Waals surface area contributed by atoms with Gasteiger partial charge in [0.15, 0.2) is 2.14 Å². The van der Waals surface area contributed by atoms with Crippen LogP contribution in [0, 0.1) is 28.6 Å². The molecule has 3 rings (SSSR count). The molecule has 0 aromatic heterocycles. The molecule has 5 nitrogen and oxygen atoms in total. The summed E-state index contributed by atoms with van der Waals surface area (Å²) in [5.74, 6) is 0.563. The van der Waals surface area contributed by atoms with Crippen LogP contribution in [0.25, 0.3) is 0 Å². The summed E-state index contributed by atoms with van der Waals surface area (Å²) in [5, 5.41) is 10.1. The van der Waals surface area contributed by atoms with Gasteiger partial charge in [0, 0.05) is 5.92 Å². The maximum Gasteiger partial charge on any atom is 0.264 e. The highest BCUT2D eigenvalue weighted by atomic mass is 80.0. The lowest BCUT2D eigenvalue weighted by Gasteiger charge is -2.26. The van der Waals surface area contributed by atoms with Crippen molar-refractivity contribution in [2.75, 3.05) is 6.26 Å². The lowest BCUT2D eigenvalue weighted by atomic mass is 9.91. The van der Waals surface area contributed by atoms with Crippen molar-refractivity contribution in [1.29, 1.82) is 5.26 Å². The second-order valence-electron chi connectivity index (χ2n) is 8.23. The lowest BCUT2D eigenvalue weighted by Crippen LogP contribution is -2.34. The van der Waals surface area contributed by atoms with Gasteiger partial charge in [0.1, 0.15) is 17.6 Å². The van der Waals surface area contributed by atoms with Gasteiger partial charge in [0.2, 0.25) is 0 Å². The van der Waals surface area contributed by atoms with E-state index in [1.807, 2.05) is 68.4 Å². The van der Waals surface area contributed by atoms with Crippen LogP contribution in [-0.4, -0.2) is 22.9 Å². The van der Waals surface area contributed by atoms with Crippen LogP contribution < -0.4 is 4.74 Å². The van der Waals surface area contributed by atoms with Gasteiger partial charge in [-0.15, -0.1) is 0 Å². The van der Waals surface area contributed by atoms with Crippen molar-refractivity contribution in [3.63, 3.8) is 0 Å². The van der Waals surface area contributed by atoms with Gasteiger partial charge in [-0.25, -0.2) is 0 Å². The lowest BCUT2D eigenvalue weighted by molar-refractivity contribution is 0.182. The van der Waals surface area contributed by atoms with Gasteiger partial charge in [0.25, 0.3) is 10.1 Å². The van der Waals surface area contributed by atoms with Crippen molar-refractivity contribution < 1.29 is 17.3 Å². The molecule has 1 aliphatic rings. The SMILES string of the molecule is CC1(C)[C@@H]([C@H](OS(C)(=O)=O)C(Br)(Br)Br)[C@H]1[C@H](C#N)c1cccc(Oc2ccccc2)c1. The van der Waals surface area contributed by atoms with Gasteiger partial charge in [-0.2, -0.15) is 13.7 Å². The van der Waals surface area contributed by atoms with E-state index < -0.39 is 24.3 Å². The number of hydrogen-bond donors (Lipinski definition) is 0.